The van der Waals surface area contributed by atoms with E-state index in [-0.39, 0.29) is 6.04 Å². The summed E-state index contributed by atoms with van der Waals surface area (Å²) in [6.07, 6.45) is 3.17. The number of rotatable bonds is 5. The van der Waals surface area contributed by atoms with Crippen molar-refractivity contribution >= 4 is 39.1 Å². The van der Waals surface area contributed by atoms with Crippen LogP contribution in [0.3, 0.4) is 0 Å². The van der Waals surface area contributed by atoms with Gasteiger partial charge < -0.3 is 16.4 Å². The maximum atomic E-state index is 6.20. The van der Waals surface area contributed by atoms with Crippen LogP contribution in [0.5, 0.6) is 0 Å². The molecule has 0 aliphatic carbocycles. The fourth-order valence-electron chi connectivity index (χ4n) is 2.21. The molecule has 1 aromatic carbocycles. The second-order valence-electron chi connectivity index (χ2n) is 5.25. The quantitative estimate of drug-likeness (QED) is 0.612. The highest BCUT2D eigenvalue weighted by molar-refractivity contribution is 9.10. The fourth-order valence-corrected chi connectivity index (χ4v) is 2.45. The Morgan fingerprint density at radius 3 is 2.46 bits per heavy atom. The molecule has 3 aromatic rings. The summed E-state index contributed by atoms with van der Waals surface area (Å²) in [6.45, 7) is 2.06. The molecule has 0 saturated heterocycles. The minimum atomic E-state index is 0.0713. The first-order valence-electron chi connectivity index (χ1n) is 7.44. The van der Waals surface area contributed by atoms with Crippen LogP contribution >= 0.6 is 15.9 Å². The van der Waals surface area contributed by atoms with Gasteiger partial charge in [0, 0.05) is 10.7 Å². The molecular weight excluding hydrogens is 368 g/mol. The molecule has 1 unspecified atom stereocenters. The van der Waals surface area contributed by atoms with Gasteiger partial charge in [0.05, 0.1) is 6.04 Å². The SMILES string of the molecule is CC(Nc1ncnc(Nc2ccc(Br)cn2)c1N)c1ccccc1. The van der Waals surface area contributed by atoms with Gasteiger partial charge in [0.2, 0.25) is 0 Å². The molecule has 2 aromatic heterocycles. The summed E-state index contributed by atoms with van der Waals surface area (Å²) in [7, 11) is 0. The predicted molar refractivity (Wildman–Crippen MR) is 100 cm³/mol. The van der Waals surface area contributed by atoms with Crippen molar-refractivity contribution in [3.8, 4) is 0 Å². The van der Waals surface area contributed by atoms with E-state index >= 15 is 0 Å². The molecule has 0 saturated carbocycles. The summed E-state index contributed by atoms with van der Waals surface area (Å²) < 4.78 is 0.905. The third-order valence-corrected chi connectivity index (χ3v) is 3.98. The first-order valence-corrected chi connectivity index (χ1v) is 8.23. The zero-order valence-electron chi connectivity index (χ0n) is 13.1. The third-order valence-electron chi connectivity index (χ3n) is 3.51. The molecular formula is C17H17BrN6. The molecule has 1 atom stereocenters. The average Bonchev–Trinajstić information content (AvgIpc) is 2.61. The first kappa shape index (κ1) is 16.2. The van der Waals surface area contributed by atoms with E-state index in [2.05, 4.69) is 60.6 Å². The Morgan fingerprint density at radius 1 is 1.00 bits per heavy atom. The van der Waals surface area contributed by atoms with Crippen molar-refractivity contribution in [2.45, 2.75) is 13.0 Å². The van der Waals surface area contributed by atoms with Crippen molar-refractivity contribution in [1.29, 1.82) is 0 Å². The number of anilines is 4. The van der Waals surface area contributed by atoms with Gasteiger partial charge in [-0.15, -0.1) is 0 Å². The Labute approximate surface area is 148 Å². The Hall–Kier alpha value is -2.67. The van der Waals surface area contributed by atoms with E-state index in [0.717, 1.165) is 10.0 Å². The number of nitrogens with two attached hydrogens (primary N) is 1. The summed E-state index contributed by atoms with van der Waals surface area (Å²) >= 11 is 3.36. The molecule has 6 nitrogen and oxygen atoms in total. The van der Waals surface area contributed by atoms with Crippen molar-refractivity contribution in [3.63, 3.8) is 0 Å². The standard InChI is InChI=1S/C17H17BrN6/c1-11(12-5-3-2-4-6-12)23-16-15(19)17(22-10-21-16)24-14-8-7-13(18)9-20-14/h2-11H,19H2,1H3,(H2,20,21,22,23,24). The predicted octanol–water partition coefficient (Wildman–Crippen LogP) is 4.13. The second-order valence-corrected chi connectivity index (χ2v) is 6.16. The minimum Gasteiger partial charge on any atom is -0.393 e. The molecule has 0 radical (unpaired) electrons. The molecule has 24 heavy (non-hydrogen) atoms. The first-order chi connectivity index (χ1) is 11.6. The Balaban J connectivity index is 1.79. The van der Waals surface area contributed by atoms with Gasteiger partial charge in [0.1, 0.15) is 17.8 Å². The molecule has 122 valence electrons. The average molecular weight is 385 g/mol. The van der Waals surface area contributed by atoms with Gasteiger partial charge in [-0.1, -0.05) is 30.3 Å². The number of hydrogen-bond acceptors (Lipinski definition) is 6. The van der Waals surface area contributed by atoms with Gasteiger partial charge in [0.15, 0.2) is 11.6 Å². The Morgan fingerprint density at radius 2 is 1.75 bits per heavy atom. The van der Waals surface area contributed by atoms with Crippen LogP contribution in [0.4, 0.5) is 23.1 Å². The van der Waals surface area contributed by atoms with Gasteiger partial charge >= 0.3 is 0 Å². The van der Waals surface area contributed by atoms with Gasteiger partial charge in [-0.3, -0.25) is 0 Å². The monoisotopic (exact) mass is 384 g/mol. The highest BCUT2D eigenvalue weighted by atomic mass is 79.9. The zero-order valence-corrected chi connectivity index (χ0v) is 14.7. The fraction of sp³-hybridized carbons (Fsp3) is 0.118. The van der Waals surface area contributed by atoms with Crippen LogP contribution in [-0.2, 0) is 0 Å². The minimum absolute atomic E-state index is 0.0713. The molecule has 0 aliphatic rings. The Kier molecular flexibility index (Phi) is 4.90. The van der Waals surface area contributed by atoms with E-state index in [0.29, 0.717) is 23.1 Å². The number of nitrogens with zero attached hydrogens (tertiary/aromatic N) is 3. The van der Waals surface area contributed by atoms with E-state index in [4.69, 9.17) is 5.73 Å². The van der Waals surface area contributed by atoms with Crippen LogP contribution < -0.4 is 16.4 Å². The van der Waals surface area contributed by atoms with E-state index in [1.165, 1.54) is 6.33 Å². The van der Waals surface area contributed by atoms with Crippen LogP contribution in [0.25, 0.3) is 0 Å². The van der Waals surface area contributed by atoms with Gasteiger partial charge in [-0.2, -0.15) is 0 Å². The molecule has 3 rings (SSSR count). The molecule has 7 heteroatoms. The number of halogens is 1. The van der Waals surface area contributed by atoms with Crippen molar-refractivity contribution in [2.75, 3.05) is 16.4 Å². The largest absolute Gasteiger partial charge is 0.393 e. The zero-order chi connectivity index (χ0) is 16.9. The Bertz CT molecular complexity index is 807. The molecule has 0 amide bonds. The van der Waals surface area contributed by atoms with Crippen LogP contribution in [0.15, 0.2) is 59.5 Å². The van der Waals surface area contributed by atoms with Crippen LogP contribution in [0.2, 0.25) is 0 Å². The number of nitrogen functional groups attached to an aromatic ring is 1. The summed E-state index contributed by atoms with van der Waals surface area (Å²) in [6, 6.07) is 13.9. The molecule has 2 heterocycles. The van der Waals surface area contributed by atoms with Gasteiger partial charge in [-0.05, 0) is 40.5 Å². The number of benzene rings is 1. The molecule has 0 spiro atoms. The van der Waals surface area contributed by atoms with Gasteiger partial charge in [0.25, 0.3) is 0 Å². The lowest BCUT2D eigenvalue weighted by Gasteiger charge is -2.17. The highest BCUT2D eigenvalue weighted by Crippen LogP contribution is 2.28. The van der Waals surface area contributed by atoms with E-state index < -0.39 is 0 Å². The lowest BCUT2D eigenvalue weighted by molar-refractivity contribution is 0.873. The number of pyridine rings is 1. The van der Waals surface area contributed by atoms with E-state index in [9.17, 15) is 0 Å². The maximum absolute atomic E-state index is 6.20. The van der Waals surface area contributed by atoms with Crippen molar-refractivity contribution < 1.29 is 0 Å². The van der Waals surface area contributed by atoms with Crippen LogP contribution in [-0.4, -0.2) is 15.0 Å². The normalized spacial score (nSPS) is 11.8. The van der Waals surface area contributed by atoms with Crippen LogP contribution in [0.1, 0.15) is 18.5 Å². The summed E-state index contributed by atoms with van der Waals surface area (Å²) in [4.78, 5) is 12.7. The van der Waals surface area contributed by atoms with Gasteiger partial charge in [-0.25, -0.2) is 15.0 Å². The smallest absolute Gasteiger partial charge is 0.160 e. The van der Waals surface area contributed by atoms with Crippen molar-refractivity contribution in [2.24, 2.45) is 0 Å². The number of nitrogens with one attached hydrogen (secondary N) is 2. The molecule has 0 aliphatic heterocycles. The summed E-state index contributed by atoms with van der Waals surface area (Å²) in [5, 5.41) is 6.42. The highest BCUT2D eigenvalue weighted by Gasteiger charge is 2.12. The lowest BCUT2D eigenvalue weighted by Crippen LogP contribution is -2.11. The molecule has 0 bridgehead atoms. The lowest BCUT2D eigenvalue weighted by atomic mass is 10.1. The number of aromatic nitrogens is 3. The summed E-state index contributed by atoms with van der Waals surface area (Å²) in [5.41, 5.74) is 7.80. The molecule has 0 fully saturated rings. The summed E-state index contributed by atoms with van der Waals surface area (Å²) in [5.74, 6) is 1.76. The number of hydrogen-bond donors (Lipinski definition) is 3. The maximum Gasteiger partial charge on any atom is 0.160 e. The van der Waals surface area contributed by atoms with Crippen LogP contribution in [0, 0.1) is 0 Å². The second kappa shape index (κ2) is 7.27. The van der Waals surface area contributed by atoms with Crippen molar-refractivity contribution in [3.05, 3.63) is 65.0 Å². The molecule has 4 N–H and O–H groups in total. The van der Waals surface area contributed by atoms with E-state index in [1.807, 2.05) is 30.3 Å². The van der Waals surface area contributed by atoms with Crippen molar-refractivity contribution in [1.82, 2.24) is 15.0 Å². The van der Waals surface area contributed by atoms with E-state index in [1.54, 1.807) is 6.20 Å². The topological polar surface area (TPSA) is 88.8 Å². The third kappa shape index (κ3) is 3.80.